The molecule has 0 N–H and O–H groups in total. The van der Waals surface area contributed by atoms with Crippen LogP contribution in [0, 0.1) is 11.8 Å². The van der Waals surface area contributed by atoms with Crippen LogP contribution in [0.1, 0.15) is 46.5 Å². The Morgan fingerprint density at radius 3 is 2.17 bits per heavy atom. The Hall–Kier alpha value is -1.52. The maximum Gasteiger partial charge on any atom is 0.410 e. The first-order valence-electron chi connectivity index (χ1n) is 8.80. The summed E-state index contributed by atoms with van der Waals surface area (Å²) in [5, 5.41) is 0. The standard InChI is InChI=1S/C18H28N2O3/c1-18(2,3)23-17(22)20-11-14-9-19(10-15(14)12-20)16(21)13-7-5-4-6-8-13/h7,14-15H,4-6,8-12H2,1-3H3/t14-,15+. The van der Waals surface area contributed by atoms with Gasteiger partial charge in [-0.05, 0) is 46.5 Å². The van der Waals surface area contributed by atoms with Gasteiger partial charge >= 0.3 is 6.09 Å². The van der Waals surface area contributed by atoms with Crippen LogP contribution in [0.5, 0.6) is 0 Å². The van der Waals surface area contributed by atoms with Crippen molar-refractivity contribution in [3.63, 3.8) is 0 Å². The molecule has 2 atom stereocenters. The first kappa shape index (κ1) is 16.3. The van der Waals surface area contributed by atoms with E-state index in [0.29, 0.717) is 24.9 Å². The molecular formula is C18H28N2O3. The van der Waals surface area contributed by atoms with Crippen LogP contribution in [0.2, 0.25) is 0 Å². The molecule has 0 aromatic rings. The third kappa shape index (κ3) is 3.70. The minimum absolute atomic E-state index is 0.222. The first-order valence-corrected chi connectivity index (χ1v) is 8.80. The highest BCUT2D eigenvalue weighted by molar-refractivity contribution is 5.93. The molecule has 1 aliphatic carbocycles. The number of carbonyl (C=O) groups is 2. The van der Waals surface area contributed by atoms with E-state index in [9.17, 15) is 9.59 Å². The van der Waals surface area contributed by atoms with Crippen LogP contribution in [0.3, 0.4) is 0 Å². The average Bonchev–Trinajstić information content (AvgIpc) is 3.04. The molecule has 0 spiro atoms. The molecule has 2 amide bonds. The average molecular weight is 320 g/mol. The lowest BCUT2D eigenvalue weighted by atomic mass is 9.99. The summed E-state index contributed by atoms with van der Waals surface area (Å²) in [5.74, 6) is 1.02. The summed E-state index contributed by atoms with van der Waals surface area (Å²) in [6.45, 7) is 8.64. The second kappa shape index (κ2) is 6.17. The van der Waals surface area contributed by atoms with Gasteiger partial charge in [0, 0.05) is 43.6 Å². The van der Waals surface area contributed by atoms with E-state index >= 15 is 0 Å². The molecule has 0 bridgehead atoms. The summed E-state index contributed by atoms with van der Waals surface area (Å²) >= 11 is 0. The fraction of sp³-hybridized carbons (Fsp3) is 0.778. The van der Waals surface area contributed by atoms with Crippen molar-refractivity contribution in [1.29, 1.82) is 0 Å². The number of rotatable bonds is 1. The monoisotopic (exact) mass is 320 g/mol. The molecule has 0 aromatic carbocycles. The number of likely N-dealkylation sites (tertiary alicyclic amines) is 2. The SMILES string of the molecule is CC(C)(C)OC(=O)N1C[C@@H]2CN(C(=O)C3=CCCCC3)C[C@@H]2C1. The van der Waals surface area contributed by atoms with E-state index in [1.165, 1.54) is 6.42 Å². The zero-order valence-electron chi connectivity index (χ0n) is 14.5. The minimum atomic E-state index is -0.454. The Morgan fingerprint density at radius 1 is 1.04 bits per heavy atom. The molecule has 0 saturated carbocycles. The van der Waals surface area contributed by atoms with Gasteiger partial charge in [-0.1, -0.05) is 6.08 Å². The lowest BCUT2D eigenvalue weighted by Crippen LogP contribution is -2.39. The zero-order valence-corrected chi connectivity index (χ0v) is 14.5. The third-order valence-electron chi connectivity index (χ3n) is 4.99. The highest BCUT2D eigenvalue weighted by atomic mass is 16.6. The smallest absolute Gasteiger partial charge is 0.410 e. The van der Waals surface area contributed by atoms with E-state index in [2.05, 4.69) is 6.08 Å². The fourth-order valence-electron chi connectivity index (χ4n) is 3.87. The number of amides is 2. The Bertz CT molecular complexity index is 507. The highest BCUT2D eigenvalue weighted by Gasteiger charge is 2.44. The maximum atomic E-state index is 12.6. The Kier molecular flexibility index (Phi) is 4.39. The molecule has 2 saturated heterocycles. The maximum absolute atomic E-state index is 12.6. The van der Waals surface area contributed by atoms with Gasteiger partial charge in [0.25, 0.3) is 0 Å². The number of carbonyl (C=O) groups excluding carboxylic acids is 2. The molecule has 0 radical (unpaired) electrons. The van der Waals surface area contributed by atoms with Crippen molar-refractivity contribution in [1.82, 2.24) is 9.80 Å². The third-order valence-corrected chi connectivity index (χ3v) is 4.99. The van der Waals surface area contributed by atoms with Gasteiger partial charge in [0.1, 0.15) is 5.60 Å². The molecule has 23 heavy (non-hydrogen) atoms. The van der Waals surface area contributed by atoms with Crippen LogP contribution in [0.15, 0.2) is 11.6 Å². The lowest BCUT2D eigenvalue weighted by molar-refractivity contribution is -0.126. The number of ether oxygens (including phenoxy) is 1. The molecule has 2 heterocycles. The van der Waals surface area contributed by atoms with E-state index in [4.69, 9.17) is 4.74 Å². The van der Waals surface area contributed by atoms with Crippen LogP contribution in [-0.4, -0.2) is 53.6 Å². The molecule has 0 unspecified atom stereocenters. The number of fused-ring (bicyclic) bond motifs is 1. The van der Waals surface area contributed by atoms with Gasteiger partial charge < -0.3 is 14.5 Å². The van der Waals surface area contributed by atoms with Gasteiger partial charge in [-0.15, -0.1) is 0 Å². The van der Waals surface area contributed by atoms with Crippen molar-refractivity contribution >= 4 is 12.0 Å². The van der Waals surface area contributed by atoms with Gasteiger partial charge in [0.15, 0.2) is 0 Å². The zero-order chi connectivity index (χ0) is 16.6. The second-order valence-corrected chi connectivity index (χ2v) is 8.09. The Labute approximate surface area is 138 Å². The first-order chi connectivity index (χ1) is 10.8. The molecule has 2 aliphatic heterocycles. The van der Waals surface area contributed by atoms with Crippen molar-refractivity contribution in [3.8, 4) is 0 Å². The summed E-state index contributed by atoms with van der Waals surface area (Å²) in [4.78, 5) is 28.6. The van der Waals surface area contributed by atoms with E-state index in [0.717, 1.165) is 37.9 Å². The van der Waals surface area contributed by atoms with Crippen molar-refractivity contribution in [2.75, 3.05) is 26.2 Å². The molecule has 5 nitrogen and oxygen atoms in total. The predicted molar refractivity (Wildman–Crippen MR) is 87.9 cm³/mol. The Morgan fingerprint density at radius 2 is 1.65 bits per heavy atom. The van der Waals surface area contributed by atoms with Gasteiger partial charge in [0.05, 0.1) is 0 Å². The van der Waals surface area contributed by atoms with Crippen molar-refractivity contribution in [2.24, 2.45) is 11.8 Å². The number of nitrogens with zero attached hydrogens (tertiary/aromatic N) is 2. The van der Waals surface area contributed by atoms with Gasteiger partial charge in [0.2, 0.25) is 5.91 Å². The fourth-order valence-corrected chi connectivity index (χ4v) is 3.87. The molecule has 3 aliphatic rings. The second-order valence-electron chi connectivity index (χ2n) is 8.09. The summed E-state index contributed by atoms with van der Waals surface area (Å²) in [6, 6.07) is 0. The largest absolute Gasteiger partial charge is 0.444 e. The number of allylic oxidation sites excluding steroid dienone is 1. The molecule has 128 valence electrons. The van der Waals surface area contributed by atoms with Gasteiger partial charge in [-0.25, -0.2) is 4.79 Å². The quantitative estimate of drug-likeness (QED) is 0.746. The summed E-state index contributed by atoms with van der Waals surface area (Å²) in [5.41, 5.74) is 0.546. The predicted octanol–water partition coefficient (Wildman–Crippen LogP) is 2.81. The molecule has 3 rings (SSSR count). The molecule has 0 aromatic heterocycles. The van der Waals surface area contributed by atoms with Crippen LogP contribution in [0.25, 0.3) is 0 Å². The van der Waals surface area contributed by atoms with Crippen molar-refractivity contribution in [2.45, 2.75) is 52.1 Å². The van der Waals surface area contributed by atoms with Gasteiger partial charge in [-0.3, -0.25) is 4.79 Å². The van der Waals surface area contributed by atoms with Crippen LogP contribution in [-0.2, 0) is 9.53 Å². The normalized spacial score (nSPS) is 27.7. The van der Waals surface area contributed by atoms with Crippen LogP contribution < -0.4 is 0 Å². The van der Waals surface area contributed by atoms with Crippen molar-refractivity contribution < 1.29 is 14.3 Å². The van der Waals surface area contributed by atoms with Gasteiger partial charge in [-0.2, -0.15) is 0 Å². The lowest BCUT2D eigenvalue weighted by Gasteiger charge is -2.26. The number of hydrogen-bond donors (Lipinski definition) is 0. The summed E-state index contributed by atoms with van der Waals surface area (Å²) < 4.78 is 5.45. The summed E-state index contributed by atoms with van der Waals surface area (Å²) in [6.07, 6.45) is 6.19. The summed E-state index contributed by atoms with van der Waals surface area (Å²) in [7, 11) is 0. The van der Waals surface area contributed by atoms with E-state index in [-0.39, 0.29) is 12.0 Å². The minimum Gasteiger partial charge on any atom is -0.444 e. The molecule has 2 fully saturated rings. The van der Waals surface area contributed by atoms with E-state index in [1.807, 2.05) is 30.6 Å². The molecule has 5 heteroatoms. The van der Waals surface area contributed by atoms with Crippen molar-refractivity contribution in [3.05, 3.63) is 11.6 Å². The highest BCUT2D eigenvalue weighted by Crippen LogP contribution is 2.33. The van der Waals surface area contributed by atoms with E-state index < -0.39 is 5.60 Å². The van der Waals surface area contributed by atoms with Crippen LogP contribution in [0.4, 0.5) is 4.79 Å². The molecular weight excluding hydrogens is 292 g/mol. The topological polar surface area (TPSA) is 49.9 Å². The number of hydrogen-bond acceptors (Lipinski definition) is 3. The Balaban J connectivity index is 1.54. The van der Waals surface area contributed by atoms with Crippen LogP contribution >= 0.6 is 0 Å². The van der Waals surface area contributed by atoms with E-state index in [1.54, 1.807) is 0 Å².